The Bertz CT molecular complexity index is 729. The summed E-state index contributed by atoms with van der Waals surface area (Å²) < 4.78 is 12.9. The molecule has 0 fully saturated rings. The van der Waals surface area contributed by atoms with Crippen LogP contribution in [0.3, 0.4) is 0 Å². The van der Waals surface area contributed by atoms with Gasteiger partial charge in [0.15, 0.2) is 0 Å². The molecule has 0 spiro atoms. The molecule has 3 aromatic carbocycles. The summed E-state index contributed by atoms with van der Waals surface area (Å²) in [5.41, 5.74) is 2.28. The first-order valence-electron chi connectivity index (χ1n) is 7.21. The van der Waals surface area contributed by atoms with Crippen LogP contribution in [-0.4, -0.2) is 6.04 Å². The highest BCUT2D eigenvalue weighted by atomic mass is 19.1. The van der Waals surface area contributed by atoms with Gasteiger partial charge in [-0.25, -0.2) is 4.39 Å². The van der Waals surface area contributed by atoms with Gasteiger partial charge in [-0.2, -0.15) is 0 Å². The molecule has 0 amide bonds. The zero-order valence-corrected chi connectivity index (χ0v) is 12.0. The Labute approximate surface area is 124 Å². The second-order valence-corrected chi connectivity index (χ2v) is 5.40. The summed E-state index contributed by atoms with van der Waals surface area (Å²) in [7, 11) is 0. The van der Waals surface area contributed by atoms with Gasteiger partial charge < -0.3 is 5.32 Å². The number of rotatable bonds is 4. The fourth-order valence-corrected chi connectivity index (χ4v) is 2.64. The highest BCUT2D eigenvalue weighted by molar-refractivity contribution is 5.93. The van der Waals surface area contributed by atoms with Crippen LogP contribution in [-0.2, 0) is 6.42 Å². The molecule has 1 nitrogen and oxygen atoms in total. The largest absolute Gasteiger partial charge is 0.382 e. The minimum Gasteiger partial charge on any atom is -0.382 e. The fourth-order valence-electron chi connectivity index (χ4n) is 2.64. The Hall–Kier alpha value is -2.35. The van der Waals surface area contributed by atoms with Gasteiger partial charge in [0.05, 0.1) is 0 Å². The predicted molar refractivity (Wildman–Crippen MR) is 87.1 cm³/mol. The molecule has 2 heteroatoms. The summed E-state index contributed by atoms with van der Waals surface area (Å²) in [4.78, 5) is 0. The first kappa shape index (κ1) is 13.6. The number of fused-ring (bicyclic) bond motifs is 1. The van der Waals surface area contributed by atoms with Gasteiger partial charge >= 0.3 is 0 Å². The molecule has 3 rings (SSSR count). The van der Waals surface area contributed by atoms with E-state index in [0.29, 0.717) is 0 Å². The average molecular weight is 279 g/mol. The van der Waals surface area contributed by atoms with Crippen LogP contribution in [0.5, 0.6) is 0 Å². The molecular weight excluding hydrogens is 261 g/mol. The van der Waals surface area contributed by atoms with Gasteiger partial charge in [-0.1, -0.05) is 48.5 Å². The molecular formula is C19H18FN. The van der Waals surface area contributed by atoms with Gasteiger partial charge in [0.2, 0.25) is 0 Å². The maximum absolute atomic E-state index is 12.9. The number of benzene rings is 3. The van der Waals surface area contributed by atoms with E-state index in [2.05, 4.69) is 48.6 Å². The van der Waals surface area contributed by atoms with E-state index >= 15 is 0 Å². The Kier molecular flexibility index (Phi) is 3.87. The SMILES string of the molecule is CC(Cc1ccc(F)cc1)Nc1cccc2ccccc12. The molecule has 0 aromatic heterocycles. The van der Waals surface area contributed by atoms with E-state index in [-0.39, 0.29) is 11.9 Å². The monoisotopic (exact) mass is 279 g/mol. The summed E-state index contributed by atoms with van der Waals surface area (Å²) in [5.74, 6) is -0.187. The molecule has 0 aliphatic heterocycles. The quantitative estimate of drug-likeness (QED) is 0.707. The Morgan fingerprint density at radius 1 is 0.905 bits per heavy atom. The van der Waals surface area contributed by atoms with E-state index in [0.717, 1.165) is 17.7 Å². The molecule has 0 bridgehead atoms. The van der Waals surface area contributed by atoms with Crippen molar-refractivity contribution in [1.82, 2.24) is 0 Å². The van der Waals surface area contributed by atoms with Crippen LogP contribution in [0.2, 0.25) is 0 Å². The lowest BCUT2D eigenvalue weighted by molar-refractivity contribution is 0.626. The highest BCUT2D eigenvalue weighted by Crippen LogP contribution is 2.24. The van der Waals surface area contributed by atoms with Crippen LogP contribution in [0.1, 0.15) is 12.5 Å². The van der Waals surface area contributed by atoms with Crippen molar-refractivity contribution in [2.24, 2.45) is 0 Å². The maximum Gasteiger partial charge on any atom is 0.123 e. The van der Waals surface area contributed by atoms with E-state index in [1.807, 2.05) is 18.2 Å². The first-order chi connectivity index (χ1) is 10.2. The van der Waals surface area contributed by atoms with E-state index in [1.165, 1.54) is 22.9 Å². The number of hydrogen-bond donors (Lipinski definition) is 1. The van der Waals surface area contributed by atoms with Crippen molar-refractivity contribution in [1.29, 1.82) is 0 Å². The van der Waals surface area contributed by atoms with Crippen molar-refractivity contribution in [2.75, 3.05) is 5.32 Å². The second-order valence-electron chi connectivity index (χ2n) is 5.40. The third kappa shape index (κ3) is 3.22. The fraction of sp³-hybridized carbons (Fsp3) is 0.158. The van der Waals surface area contributed by atoms with E-state index in [9.17, 15) is 4.39 Å². The Morgan fingerprint density at radius 2 is 1.62 bits per heavy atom. The molecule has 1 unspecified atom stereocenters. The summed E-state index contributed by atoms with van der Waals surface area (Å²) in [6.07, 6.45) is 0.865. The standard InChI is InChI=1S/C19H18FN/c1-14(13-15-9-11-17(20)12-10-15)21-19-8-4-6-16-5-2-3-7-18(16)19/h2-12,14,21H,13H2,1H3. The third-order valence-corrected chi connectivity index (χ3v) is 3.65. The summed E-state index contributed by atoms with van der Waals surface area (Å²) in [6, 6.07) is 21.6. The summed E-state index contributed by atoms with van der Waals surface area (Å²) in [5, 5.41) is 6.01. The smallest absolute Gasteiger partial charge is 0.123 e. The van der Waals surface area contributed by atoms with Crippen LogP contribution in [0.15, 0.2) is 66.7 Å². The van der Waals surface area contributed by atoms with Crippen molar-refractivity contribution in [2.45, 2.75) is 19.4 Å². The molecule has 0 saturated carbocycles. The van der Waals surface area contributed by atoms with Crippen molar-refractivity contribution in [3.05, 3.63) is 78.1 Å². The zero-order valence-electron chi connectivity index (χ0n) is 12.0. The van der Waals surface area contributed by atoms with Crippen LogP contribution in [0.4, 0.5) is 10.1 Å². The number of nitrogens with one attached hydrogen (secondary N) is 1. The lowest BCUT2D eigenvalue weighted by Gasteiger charge is -2.17. The van der Waals surface area contributed by atoms with Crippen molar-refractivity contribution >= 4 is 16.5 Å². The van der Waals surface area contributed by atoms with Gasteiger partial charge in [-0.3, -0.25) is 0 Å². The molecule has 0 aliphatic rings. The molecule has 1 atom stereocenters. The Morgan fingerprint density at radius 3 is 2.43 bits per heavy atom. The van der Waals surface area contributed by atoms with Crippen molar-refractivity contribution < 1.29 is 4.39 Å². The van der Waals surface area contributed by atoms with Gasteiger partial charge in [0.25, 0.3) is 0 Å². The van der Waals surface area contributed by atoms with Gasteiger partial charge in [0, 0.05) is 17.1 Å². The number of hydrogen-bond acceptors (Lipinski definition) is 1. The molecule has 21 heavy (non-hydrogen) atoms. The van der Waals surface area contributed by atoms with Gasteiger partial charge in [0.1, 0.15) is 5.82 Å². The molecule has 0 heterocycles. The predicted octanol–water partition coefficient (Wildman–Crippen LogP) is 5.02. The maximum atomic E-state index is 12.9. The number of anilines is 1. The molecule has 0 aliphatic carbocycles. The van der Waals surface area contributed by atoms with Gasteiger partial charge in [-0.05, 0) is 42.5 Å². The van der Waals surface area contributed by atoms with Crippen molar-refractivity contribution in [3.8, 4) is 0 Å². The molecule has 0 saturated heterocycles. The van der Waals surface area contributed by atoms with Crippen LogP contribution >= 0.6 is 0 Å². The van der Waals surface area contributed by atoms with Crippen LogP contribution in [0, 0.1) is 5.82 Å². The lowest BCUT2D eigenvalue weighted by Crippen LogP contribution is -2.18. The van der Waals surface area contributed by atoms with Crippen LogP contribution in [0.25, 0.3) is 10.8 Å². The topological polar surface area (TPSA) is 12.0 Å². The minimum absolute atomic E-state index is 0.187. The lowest BCUT2D eigenvalue weighted by atomic mass is 10.1. The highest BCUT2D eigenvalue weighted by Gasteiger charge is 2.06. The molecule has 1 N–H and O–H groups in total. The first-order valence-corrected chi connectivity index (χ1v) is 7.21. The molecule has 106 valence electrons. The Balaban J connectivity index is 1.77. The van der Waals surface area contributed by atoms with E-state index in [1.54, 1.807) is 0 Å². The molecule has 3 aromatic rings. The number of halogens is 1. The molecule has 0 radical (unpaired) electrons. The summed E-state index contributed by atoms with van der Waals surface area (Å²) >= 11 is 0. The third-order valence-electron chi connectivity index (χ3n) is 3.65. The zero-order chi connectivity index (χ0) is 14.7. The van der Waals surface area contributed by atoms with Crippen LogP contribution < -0.4 is 5.32 Å². The van der Waals surface area contributed by atoms with E-state index < -0.39 is 0 Å². The second kappa shape index (κ2) is 5.96. The summed E-state index contributed by atoms with van der Waals surface area (Å²) in [6.45, 7) is 2.14. The minimum atomic E-state index is -0.187. The van der Waals surface area contributed by atoms with Crippen molar-refractivity contribution in [3.63, 3.8) is 0 Å². The normalized spacial score (nSPS) is 12.3. The van der Waals surface area contributed by atoms with E-state index in [4.69, 9.17) is 0 Å². The average Bonchev–Trinajstić information content (AvgIpc) is 2.50. The van der Waals surface area contributed by atoms with Gasteiger partial charge in [-0.15, -0.1) is 0 Å².